The number of hydrogen-bond donors (Lipinski definition) is 3. The first-order chi connectivity index (χ1) is 13.6. The predicted octanol–water partition coefficient (Wildman–Crippen LogP) is 2.30. The van der Waals surface area contributed by atoms with Gasteiger partial charge in [-0.2, -0.15) is 19.7 Å². The molecule has 3 heterocycles. The van der Waals surface area contributed by atoms with Gasteiger partial charge < -0.3 is 10.7 Å². The van der Waals surface area contributed by atoms with Crippen LogP contribution in [0.1, 0.15) is 11.3 Å². The minimum absolute atomic E-state index is 0.133. The molecular weight excluding hydrogens is 361 g/mol. The average Bonchev–Trinajstić information content (AvgIpc) is 3.24. The molecule has 8 nitrogen and oxygen atoms in total. The van der Waals surface area contributed by atoms with Crippen LogP contribution in [0.25, 0.3) is 28.0 Å². The van der Waals surface area contributed by atoms with Gasteiger partial charge in [-0.3, -0.25) is 4.98 Å². The Balaban J connectivity index is 1.71. The summed E-state index contributed by atoms with van der Waals surface area (Å²) in [6.07, 6.45) is 0.318. The van der Waals surface area contributed by atoms with Crippen molar-refractivity contribution in [3.05, 3.63) is 76.1 Å². The number of hydrogen-bond acceptors (Lipinski definition) is 5. The Hall–Kier alpha value is -4.01. The highest BCUT2D eigenvalue weighted by Crippen LogP contribution is 2.24. The lowest BCUT2D eigenvalue weighted by Crippen LogP contribution is -2.06. The number of imidazole rings is 1. The minimum Gasteiger partial charge on any atom is -0.382 e. The monoisotopic (exact) mass is 375 g/mol. The van der Waals surface area contributed by atoms with Crippen molar-refractivity contribution in [3.63, 3.8) is 0 Å². The van der Waals surface area contributed by atoms with Crippen LogP contribution in [-0.2, 0) is 6.42 Å². The van der Waals surface area contributed by atoms with Crippen LogP contribution in [0.4, 0.5) is 10.2 Å². The molecule has 5 aromatic rings. The van der Waals surface area contributed by atoms with Gasteiger partial charge >= 0.3 is 5.69 Å². The average molecular weight is 375 g/mol. The normalized spacial score (nSPS) is 11.5. The number of nitrogens with two attached hydrogens (primary N) is 1. The highest BCUT2D eigenvalue weighted by atomic mass is 19.1. The van der Waals surface area contributed by atoms with E-state index in [-0.39, 0.29) is 17.6 Å². The van der Waals surface area contributed by atoms with E-state index in [0.29, 0.717) is 28.8 Å². The number of aromatic nitrogens is 6. The topological polar surface area (TPSA) is 118 Å². The molecule has 0 fully saturated rings. The van der Waals surface area contributed by atoms with Crippen molar-refractivity contribution in [2.45, 2.75) is 6.42 Å². The molecule has 5 rings (SSSR count). The fourth-order valence-electron chi connectivity index (χ4n) is 3.26. The van der Waals surface area contributed by atoms with Crippen LogP contribution in [0.3, 0.4) is 0 Å². The Bertz CT molecular complexity index is 1400. The third-order valence-corrected chi connectivity index (χ3v) is 4.56. The van der Waals surface area contributed by atoms with Gasteiger partial charge in [0.05, 0.1) is 11.2 Å². The number of nitrogens with zero attached hydrogens (tertiary/aromatic N) is 4. The summed E-state index contributed by atoms with van der Waals surface area (Å²) >= 11 is 0. The van der Waals surface area contributed by atoms with Crippen molar-refractivity contribution >= 4 is 27.9 Å². The van der Waals surface area contributed by atoms with Gasteiger partial charge in [-0.1, -0.05) is 36.4 Å². The molecule has 3 aromatic heterocycles. The maximum Gasteiger partial charge on any atom is 0.325 e. The first kappa shape index (κ1) is 16.2. The Morgan fingerprint density at radius 1 is 1.04 bits per heavy atom. The lowest BCUT2D eigenvalue weighted by molar-refractivity contribution is 0.613. The molecule has 0 saturated heterocycles. The van der Waals surface area contributed by atoms with E-state index < -0.39 is 5.69 Å². The van der Waals surface area contributed by atoms with E-state index in [1.807, 2.05) is 24.3 Å². The summed E-state index contributed by atoms with van der Waals surface area (Å²) in [5.41, 5.74) is 8.18. The number of rotatable bonds is 3. The molecule has 0 bridgehead atoms. The second-order valence-corrected chi connectivity index (χ2v) is 6.36. The highest BCUT2D eigenvalue weighted by molar-refractivity contribution is 5.85. The summed E-state index contributed by atoms with van der Waals surface area (Å²) < 4.78 is 15.7. The fraction of sp³-hybridized carbons (Fsp3) is 0.0526. The number of nitrogens with one attached hydrogen (secondary N) is 2. The van der Waals surface area contributed by atoms with Crippen molar-refractivity contribution in [1.82, 2.24) is 29.7 Å². The quantitative estimate of drug-likeness (QED) is 0.447. The Morgan fingerprint density at radius 2 is 1.82 bits per heavy atom. The summed E-state index contributed by atoms with van der Waals surface area (Å²) in [5.74, 6) is 0.0674. The molecule has 0 spiro atoms. The summed E-state index contributed by atoms with van der Waals surface area (Å²) in [6, 6.07) is 14.1. The van der Waals surface area contributed by atoms with E-state index in [0.717, 1.165) is 10.9 Å². The maximum atomic E-state index is 14.1. The molecule has 138 valence electrons. The first-order valence-electron chi connectivity index (χ1n) is 8.56. The molecule has 0 radical (unpaired) electrons. The standard InChI is InChI=1S/C19H14FN7O/c20-12-7-3-1-5-10(12)9-13-11-6-2-4-8-14(11)27(26-13)18-23-16(21)15-17(24-18)25-19(28)22-15/h1-8H,9H2,(H4,21,22,23,24,25,28). The van der Waals surface area contributed by atoms with Crippen LogP contribution in [0.5, 0.6) is 0 Å². The largest absolute Gasteiger partial charge is 0.382 e. The Morgan fingerprint density at radius 3 is 2.68 bits per heavy atom. The first-order valence-corrected chi connectivity index (χ1v) is 8.56. The van der Waals surface area contributed by atoms with Crippen LogP contribution < -0.4 is 11.4 Å². The third-order valence-electron chi connectivity index (χ3n) is 4.56. The van der Waals surface area contributed by atoms with E-state index in [4.69, 9.17) is 5.73 Å². The Kier molecular flexibility index (Phi) is 3.48. The smallest absolute Gasteiger partial charge is 0.325 e. The van der Waals surface area contributed by atoms with Crippen LogP contribution in [0.15, 0.2) is 53.3 Å². The number of benzene rings is 2. The summed E-state index contributed by atoms with van der Waals surface area (Å²) in [4.78, 5) is 25.3. The van der Waals surface area contributed by atoms with E-state index in [1.54, 1.807) is 22.9 Å². The van der Waals surface area contributed by atoms with Gasteiger partial charge in [0.15, 0.2) is 11.5 Å². The molecule has 0 aliphatic carbocycles. The lowest BCUT2D eigenvalue weighted by Gasteiger charge is -2.03. The van der Waals surface area contributed by atoms with Crippen molar-refractivity contribution in [1.29, 1.82) is 0 Å². The molecule has 0 unspecified atom stereocenters. The fourth-order valence-corrected chi connectivity index (χ4v) is 3.26. The Labute approximate surface area is 156 Å². The van der Waals surface area contributed by atoms with Crippen LogP contribution in [0.2, 0.25) is 0 Å². The molecule has 0 aliphatic heterocycles. The second-order valence-electron chi connectivity index (χ2n) is 6.36. The number of fused-ring (bicyclic) bond motifs is 2. The zero-order chi connectivity index (χ0) is 19.3. The van der Waals surface area contributed by atoms with Crippen molar-refractivity contribution in [2.75, 3.05) is 5.73 Å². The number of H-pyrrole nitrogens is 2. The van der Waals surface area contributed by atoms with E-state index in [2.05, 4.69) is 25.0 Å². The van der Waals surface area contributed by atoms with Crippen molar-refractivity contribution in [3.8, 4) is 5.95 Å². The predicted molar refractivity (Wildman–Crippen MR) is 103 cm³/mol. The molecule has 0 saturated carbocycles. The molecule has 0 amide bonds. The lowest BCUT2D eigenvalue weighted by atomic mass is 10.1. The number of para-hydroxylation sites is 1. The molecule has 9 heteroatoms. The highest BCUT2D eigenvalue weighted by Gasteiger charge is 2.17. The van der Waals surface area contributed by atoms with Crippen LogP contribution in [0, 0.1) is 5.82 Å². The van der Waals surface area contributed by atoms with Gasteiger partial charge in [0, 0.05) is 11.8 Å². The second kappa shape index (κ2) is 6.02. The van der Waals surface area contributed by atoms with Gasteiger partial charge in [0.1, 0.15) is 11.3 Å². The minimum atomic E-state index is -0.418. The zero-order valence-electron chi connectivity index (χ0n) is 14.5. The molecule has 2 aromatic carbocycles. The van der Waals surface area contributed by atoms with Crippen molar-refractivity contribution in [2.24, 2.45) is 0 Å². The third kappa shape index (κ3) is 2.52. The summed E-state index contributed by atoms with van der Waals surface area (Å²) in [5, 5.41) is 5.47. The number of anilines is 1. The molecule has 4 N–H and O–H groups in total. The summed E-state index contributed by atoms with van der Waals surface area (Å²) in [7, 11) is 0. The number of nitrogen functional groups attached to an aromatic ring is 1. The van der Waals surface area contributed by atoms with Crippen molar-refractivity contribution < 1.29 is 4.39 Å². The molecule has 28 heavy (non-hydrogen) atoms. The zero-order valence-corrected chi connectivity index (χ0v) is 14.5. The van der Waals surface area contributed by atoms with Gasteiger partial charge in [0.25, 0.3) is 5.95 Å². The van der Waals surface area contributed by atoms with Gasteiger partial charge in [-0.15, -0.1) is 0 Å². The number of halogens is 1. The van der Waals surface area contributed by atoms with Gasteiger partial charge in [0.2, 0.25) is 0 Å². The van der Waals surface area contributed by atoms with Gasteiger partial charge in [-0.05, 0) is 17.7 Å². The summed E-state index contributed by atoms with van der Waals surface area (Å²) in [6.45, 7) is 0. The maximum absolute atomic E-state index is 14.1. The van der Waals surface area contributed by atoms with Gasteiger partial charge in [-0.25, -0.2) is 9.18 Å². The van der Waals surface area contributed by atoms with Crippen LogP contribution in [-0.4, -0.2) is 29.7 Å². The van der Waals surface area contributed by atoms with E-state index in [9.17, 15) is 9.18 Å². The molecule has 0 aliphatic rings. The SMILES string of the molecule is Nc1nc(-n2nc(Cc3ccccc3F)c3ccccc32)nc2[nH]c(=O)[nH]c12. The van der Waals surface area contributed by atoms with E-state index in [1.165, 1.54) is 6.07 Å². The van der Waals surface area contributed by atoms with Crippen LogP contribution >= 0.6 is 0 Å². The number of aromatic amines is 2. The molecule has 0 atom stereocenters. The molecular formula is C19H14FN7O. The van der Waals surface area contributed by atoms with E-state index >= 15 is 0 Å².